The van der Waals surface area contributed by atoms with Gasteiger partial charge in [-0.2, -0.15) is 0 Å². The molecule has 0 rings (SSSR count). The van der Waals surface area contributed by atoms with Crippen molar-refractivity contribution in [3.8, 4) is 0 Å². The lowest BCUT2D eigenvalue weighted by Gasteiger charge is -2.18. The highest BCUT2D eigenvalue weighted by Crippen LogP contribution is 2.16. The Morgan fingerprint density at radius 2 is 0.591 bits per heavy atom. The minimum Gasteiger partial charge on any atom is -0.462 e. The van der Waals surface area contributed by atoms with Crippen LogP contribution < -0.4 is 0 Å². The number of allylic oxidation sites excluding steroid dienone is 8. The number of esters is 3. The summed E-state index contributed by atoms with van der Waals surface area (Å²) in [5.41, 5.74) is 0. The van der Waals surface area contributed by atoms with Gasteiger partial charge in [-0.15, -0.1) is 0 Å². The van der Waals surface area contributed by atoms with Gasteiger partial charge in [0.1, 0.15) is 13.2 Å². The molecule has 66 heavy (non-hydrogen) atoms. The van der Waals surface area contributed by atoms with Gasteiger partial charge in [-0.25, -0.2) is 0 Å². The van der Waals surface area contributed by atoms with Crippen LogP contribution in [-0.4, -0.2) is 37.2 Å². The number of rotatable bonds is 52. The van der Waals surface area contributed by atoms with Crippen molar-refractivity contribution < 1.29 is 28.6 Å². The second-order valence-electron chi connectivity index (χ2n) is 19.2. The molecular weight excluding hydrogens is 817 g/mol. The smallest absolute Gasteiger partial charge is 0.306 e. The lowest BCUT2D eigenvalue weighted by atomic mass is 10.1. The summed E-state index contributed by atoms with van der Waals surface area (Å²) in [4.78, 5) is 38.1. The van der Waals surface area contributed by atoms with Crippen LogP contribution in [0.2, 0.25) is 0 Å². The van der Waals surface area contributed by atoms with Crippen molar-refractivity contribution in [3.63, 3.8) is 0 Å². The maximum absolute atomic E-state index is 12.8. The lowest BCUT2D eigenvalue weighted by Crippen LogP contribution is -2.30. The molecule has 0 spiro atoms. The number of hydrogen-bond acceptors (Lipinski definition) is 6. The molecule has 1 unspecified atom stereocenters. The zero-order valence-corrected chi connectivity index (χ0v) is 44.0. The molecule has 0 bridgehead atoms. The molecule has 0 N–H and O–H groups in total. The van der Waals surface area contributed by atoms with Gasteiger partial charge in [0.2, 0.25) is 0 Å². The van der Waals surface area contributed by atoms with Gasteiger partial charge in [0.05, 0.1) is 0 Å². The van der Waals surface area contributed by atoms with Gasteiger partial charge in [-0.1, -0.05) is 249 Å². The van der Waals surface area contributed by atoms with Crippen LogP contribution in [0.1, 0.15) is 297 Å². The molecule has 0 aromatic carbocycles. The second-order valence-corrected chi connectivity index (χ2v) is 19.2. The van der Waals surface area contributed by atoms with Crippen molar-refractivity contribution in [2.75, 3.05) is 13.2 Å². The average Bonchev–Trinajstić information content (AvgIpc) is 3.31. The minimum absolute atomic E-state index is 0.0737. The molecule has 384 valence electrons. The van der Waals surface area contributed by atoms with E-state index in [0.717, 1.165) is 77.0 Å². The Balaban J connectivity index is 4.29. The summed E-state index contributed by atoms with van der Waals surface area (Å²) in [6.45, 7) is 6.54. The van der Waals surface area contributed by atoms with E-state index in [1.807, 2.05) is 0 Å². The first-order chi connectivity index (χ1) is 32.5. The summed E-state index contributed by atoms with van der Waals surface area (Å²) in [5.74, 6) is -0.872. The Hall–Kier alpha value is -2.63. The van der Waals surface area contributed by atoms with E-state index < -0.39 is 6.10 Å². The quantitative estimate of drug-likeness (QED) is 0.0262. The van der Waals surface area contributed by atoms with Crippen molar-refractivity contribution in [1.82, 2.24) is 0 Å². The van der Waals surface area contributed by atoms with Crippen LogP contribution in [-0.2, 0) is 28.6 Å². The van der Waals surface area contributed by atoms with E-state index >= 15 is 0 Å². The molecule has 0 saturated heterocycles. The van der Waals surface area contributed by atoms with E-state index in [4.69, 9.17) is 14.2 Å². The van der Waals surface area contributed by atoms with Crippen LogP contribution in [0.15, 0.2) is 48.6 Å². The third-order valence-electron chi connectivity index (χ3n) is 12.6. The molecule has 0 aliphatic carbocycles. The van der Waals surface area contributed by atoms with Gasteiger partial charge in [0, 0.05) is 19.3 Å². The average molecular weight is 926 g/mol. The summed E-state index contributed by atoms with van der Waals surface area (Å²) in [6.07, 6.45) is 66.7. The molecule has 0 aliphatic rings. The number of ether oxygens (including phenoxy) is 3. The van der Waals surface area contributed by atoms with E-state index in [1.54, 1.807) is 0 Å². The predicted octanol–water partition coefficient (Wildman–Crippen LogP) is 19.0. The van der Waals surface area contributed by atoms with Crippen LogP contribution in [0.5, 0.6) is 0 Å². The van der Waals surface area contributed by atoms with Gasteiger partial charge in [-0.05, 0) is 77.0 Å². The summed E-state index contributed by atoms with van der Waals surface area (Å²) in [5, 5.41) is 0. The zero-order valence-electron chi connectivity index (χ0n) is 44.0. The summed E-state index contributed by atoms with van der Waals surface area (Å²) in [7, 11) is 0. The molecule has 6 nitrogen and oxygen atoms in total. The first kappa shape index (κ1) is 63.4. The van der Waals surface area contributed by atoms with E-state index in [9.17, 15) is 14.4 Å². The SMILES string of the molecule is CC/C=C\C/C=C\C/C=C\CCCCCCCCCCCC(=O)OCC(COC(=O)CCCCCCCCCCCC)OC(=O)CCCCCCCCC/C=C\CCCCCCCCCC. The maximum atomic E-state index is 12.8. The Bertz CT molecular complexity index is 1150. The lowest BCUT2D eigenvalue weighted by molar-refractivity contribution is -0.167. The van der Waals surface area contributed by atoms with Gasteiger partial charge >= 0.3 is 17.9 Å². The Morgan fingerprint density at radius 1 is 0.318 bits per heavy atom. The predicted molar refractivity (Wildman–Crippen MR) is 284 cm³/mol. The summed E-state index contributed by atoms with van der Waals surface area (Å²) >= 11 is 0. The molecule has 1 atom stereocenters. The van der Waals surface area contributed by atoms with Crippen LogP contribution in [0.3, 0.4) is 0 Å². The first-order valence-corrected chi connectivity index (χ1v) is 28.6. The molecule has 0 aromatic rings. The van der Waals surface area contributed by atoms with Crippen molar-refractivity contribution in [2.24, 2.45) is 0 Å². The summed E-state index contributed by atoms with van der Waals surface area (Å²) < 4.78 is 16.8. The molecule has 0 saturated carbocycles. The van der Waals surface area contributed by atoms with Crippen LogP contribution >= 0.6 is 0 Å². The number of carbonyl (C=O) groups is 3. The maximum Gasteiger partial charge on any atom is 0.306 e. The number of carbonyl (C=O) groups excluding carboxylic acids is 3. The highest BCUT2D eigenvalue weighted by molar-refractivity contribution is 5.71. The fraction of sp³-hybridized carbons (Fsp3) is 0.817. The molecule has 6 heteroatoms. The Kier molecular flexibility index (Phi) is 52.8. The van der Waals surface area contributed by atoms with Crippen molar-refractivity contribution >= 4 is 17.9 Å². The topological polar surface area (TPSA) is 78.9 Å². The third kappa shape index (κ3) is 52.3. The highest BCUT2D eigenvalue weighted by Gasteiger charge is 2.19. The third-order valence-corrected chi connectivity index (χ3v) is 12.6. The monoisotopic (exact) mass is 925 g/mol. The molecule has 0 aliphatic heterocycles. The van der Waals surface area contributed by atoms with E-state index in [2.05, 4.69) is 69.4 Å². The number of unbranched alkanes of at least 4 members (excludes halogenated alkanes) is 33. The van der Waals surface area contributed by atoms with Crippen LogP contribution in [0.25, 0.3) is 0 Å². The van der Waals surface area contributed by atoms with Crippen LogP contribution in [0.4, 0.5) is 0 Å². The molecule has 0 radical (unpaired) electrons. The Morgan fingerprint density at radius 3 is 0.939 bits per heavy atom. The van der Waals surface area contributed by atoms with Gasteiger partial charge in [0.25, 0.3) is 0 Å². The second kappa shape index (κ2) is 55.0. The molecule has 0 aromatic heterocycles. The normalized spacial score (nSPS) is 12.3. The van der Waals surface area contributed by atoms with Gasteiger partial charge in [-0.3, -0.25) is 14.4 Å². The standard InChI is InChI=1S/C60H108O6/c1-4-7-10-13-16-19-22-24-26-28-30-32-34-36-38-41-44-47-50-53-59(62)65-56-57(55-64-58(61)52-49-46-43-40-21-18-15-12-9-6-3)66-60(63)54-51-48-45-42-39-37-35-33-31-29-27-25-23-20-17-14-11-8-5-2/h7,10,16,19,24,26,29,31,57H,4-6,8-9,11-15,17-18,20-23,25,27-28,30,32-56H2,1-3H3/b10-7-,19-16-,26-24-,31-29-. The van der Waals surface area contributed by atoms with E-state index in [0.29, 0.717) is 19.3 Å². The molecule has 0 amide bonds. The fourth-order valence-corrected chi connectivity index (χ4v) is 8.28. The van der Waals surface area contributed by atoms with Crippen molar-refractivity contribution in [2.45, 2.75) is 303 Å². The van der Waals surface area contributed by atoms with E-state index in [-0.39, 0.29) is 31.1 Å². The van der Waals surface area contributed by atoms with Gasteiger partial charge < -0.3 is 14.2 Å². The largest absolute Gasteiger partial charge is 0.462 e. The fourth-order valence-electron chi connectivity index (χ4n) is 8.28. The minimum atomic E-state index is -0.774. The first-order valence-electron chi connectivity index (χ1n) is 28.6. The van der Waals surface area contributed by atoms with Crippen molar-refractivity contribution in [3.05, 3.63) is 48.6 Å². The summed E-state index contributed by atoms with van der Waals surface area (Å²) in [6, 6.07) is 0. The number of hydrogen-bond donors (Lipinski definition) is 0. The molecular formula is C60H108O6. The van der Waals surface area contributed by atoms with Crippen LogP contribution in [0, 0.1) is 0 Å². The highest BCUT2D eigenvalue weighted by atomic mass is 16.6. The Labute approximate surface area is 409 Å². The van der Waals surface area contributed by atoms with Crippen molar-refractivity contribution in [1.29, 1.82) is 0 Å². The van der Waals surface area contributed by atoms with Gasteiger partial charge in [0.15, 0.2) is 6.10 Å². The zero-order chi connectivity index (χ0) is 47.9. The molecule has 0 fully saturated rings. The van der Waals surface area contributed by atoms with E-state index in [1.165, 1.54) is 180 Å². The molecule has 0 heterocycles.